The first-order valence-electron chi connectivity index (χ1n) is 7.52. The van der Waals surface area contributed by atoms with Crippen LogP contribution in [0.4, 0.5) is 5.82 Å². The second kappa shape index (κ2) is 6.28. The van der Waals surface area contributed by atoms with E-state index in [-0.39, 0.29) is 0 Å². The summed E-state index contributed by atoms with van der Waals surface area (Å²) in [7, 11) is 2.13. The van der Waals surface area contributed by atoms with Gasteiger partial charge in [0, 0.05) is 10.9 Å². The van der Waals surface area contributed by atoms with Crippen LogP contribution in [-0.4, -0.2) is 28.0 Å². The molecule has 0 fully saturated rings. The van der Waals surface area contributed by atoms with Gasteiger partial charge in [0.1, 0.15) is 16.5 Å². The SMILES string of the molecule is Cc1sc2nc(CN(C)C(C)CC(C)C)nc(N)c2c1C. The Balaban J connectivity index is 2.23. The number of rotatable bonds is 5. The fourth-order valence-corrected chi connectivity index (χ4v) is 3.69. The number of hydrogen-bond acceptors (Lipinski definition) is 5. The van der Waals surface area contributed by atoms with Gasteiger partial charge in [-0.1, -0.05) is 13.8 Å². The highest BCUT2D eigenvalue weighted by molar-refractivity contribution is 7.18. The lowest BCUT2D eigenvalue weighted by Crippen LogP contribution is -2.30. The van der Waals surface area contributed by atoms with Gasteiger partial charge >= 0.3 is 0 Å². The molecule has 0 saturated heterocycles. The average Bonchev–Trinajstić information content (AvgIpc) is 2.64. The summed E-state index contributed by atoms with van der Waals surface area (Å²) < 4.78 is 0. The van der Waals surface area contributed by atoms with E-state index in [4.69, 9.17) is 10.7 Å². The Morgan fingerprint density at radius 3 is 2.48 bits per heavy atom. The molecule has 2 aromatic rings. The van der Waals surface area contributed by atoms with Crippen LogP contribution in [0, 0.1) is 19.8 Å². The lowest BCUT2D eigenvalue weighted by atomic mass is 10.0. The number of fused-ring (bicyclic) bond motifs is 1. The van der Waals surface area contributed by atoms with Crippen molar-refractivity contribution in [3.8, 4) is 0 Å². The molecule has 21 heavy (non-hydrogen) atoms. The summed E-state index contributed by atoms with van der Waals surface area (Å²) in [6.07, 6.45) is 1.17. The Labute approximate surface area is 131 Å². The van der Waals surface area contributed by atoms with Gasteiger partial charge < -0.3 is 5.73 Å². The summed E-state index contributed by atoms with van der Waals surface area (Å²) >= 11 is 1.70. The van der Waals surface area contributed by atoms with Gasteiger partial charge in [-0.15, -0.1) is 11.3 Å². The Hall–Kier alpha value is -1.20. The Morgan fingerprint density at radius 1 is 1.19 bits per heavy atom. The minimum absolute atomic E-state index is 0.511. The summed E-state index contributed by atoms with van der Waals surface area (Å²) in [6.45, 7) is 11.7. The lowest BCUT2D eigenvalue weighted by Gasteiger charge is -2.25. The average molecular weight is 306 g/mol. The fraction of sp³-hybridized carbons (Fsp3) is 0.625. The van der Waals surface area contributed by atoms with Crippen LogP contribution in [0.3, 0.4) is 0 Å². The zero-order valence-electron chi connectivity index (χ0n) is 13.9. The number of anilines is 1. The maximum atomic E-state index is 6.14. The number of thiophene rings is 1. The minimum atomic E-state index is 0.511. The standard InChI is InChI=1S/C16H26N4S/c1-9(2)7-10(3)20(6)8-13-18-15(17)14-11(4)12(5)21-16(14)19-13/h9-10H,7-8H2,1-6H3,(H2,17,18,19). The number of nitrogens with zero attached hydrogens (tertiary/aromatic N) is 3. The Morgan fingerprint density at radius 2 is 1.86 bits per heavy atom. The van der Waals surface area contributed by atoms with Crippen LogP contribution in [0.25, 0.3) is 10.2 Å². The molecule has 2 heterocycles. The fourth-order valence-electron chi connectivity index (χ4n) is 2.64. The van der Waals surface area contributed by atoms with Crippen LogP contribution in [-0.2, 0) is 6.54 Å². The molecular weight excluding hydrogens is 280 g/mol. The first-order chi connectivity index (χ1) is 9.79. The maximum Gasteiger partial charge on any atom is 0.146 e. The lowest BCUT2D eigenvalue weighted by molar-refractivity contribution is 0.216. The van der Waals surface area contributed by atoms with Crippen LogP contribution >= 0.6 is 11.3 Å². The number of nitrogens with two attached hydrogens (primary N) is 1. The van der Waals surface area contributed by atoms with Gasteiger partial charge in [0.15, 0.2) is 0 Å². The van der Waals surface area contributed by atoms with Crippen LogP contribution in [0.2, 0.25) is 0 Å². The molecule has 5 heteroatoms. The first-order valence-corrected chi connectivity index (χ1v) is 8.33. The predicted octanol–water partition coefficient (Wildman–Crippen LogP) is 3.76. The first kappa shape index (κ1) is 16.2. The van der Waals surface area contributed by atoms with E-state index in [2.05, 4.69) is 51.6 Å². The number of aryl methyl sites for hydroxylation is 2. The topological polar surface area (TPSA) is 55.0 Å². The van der Waals surface area contributed by atoms with Crippen LogP contribution in [0.1, 0.15) is 43.5 Å². The second-order valence-corrected chi connectivity index (χ2v) is 7.59. The van der Waals surface area contributed by atoms with Crippen molar-refractivity contribution < 1.29 is 0 Å². The molecule has 1 atom stereocenters. The van der Waals surface area contributed by atoms with Crippen molar-refractivity contribution in [3.63, 3.8) is 0 Å². The molecule has 2 N–H and O–H groups in total. The summed E-state index contributed by atoms with van der Waals surface area (Å²) in [4.78, 5) is 13.8. The summed E-state index contributed by atoms with van der Waals surface area (Å²) in [5.41, 5.74) is 7.35. The van der Waals surface area contributed by atoms with Crippen molar-refractivity contribution in [3.05, 3.63) is 16.3 Å². The third-order valence-corrected chi connectivity index (χ3v) is 5.16. The molecule has 0 aliphatic rings. The third kappa shape index (κ3) is 3.52. The zero-order valence-corrected chi connectivity index (χ0v) is 14.7. The summed E-state index contributed by atoms with van der Waals surface area (Å²) in [5.74, 6) is 2.12. The monoisotopic (exact) mass is 306 g/mol. The van der Waals surface area contributed by atoms with Gasteiger partial charge in [0.2, 0.25) is 0 Å². The molecule has 0 radical (unpaired) electrons. The molecule has 0 aliphatic heterocycles. The van der Waals surface area contributed by atoms with Crippen molar-refractivity contribution in [2.24, 2.45) is 5.92 Å². The summed E-state index contributed by atoms with van der Waals surface area (Å²) in [5, 5.41) is 1.03. The molecular formula is C16H26N4S. The molecule has 116 valence electrons. The highest BCUT2D eigenvalue weighted by Crippen LogP contribution is 2.32. The van der Waals surface area contributed by atoms with Crippen molar-refractivity contribution >= 4 is 27.4 Å². The van der Waals surface area contributed by atoms with E-state index >= 15 is 0 Å². The smallest absolute Gasteiger partial charge is 0.146 e. The molecule has 2 aromatic heterocycles. The van der Waals surface area contributed by atoms with E-state index in [0.717, 1.165) is 22.6 Å². The van der Waals surface area contributed by atoms with Gasteiger partial charge in [0.25, 0.3) is 0 Å². The number of nitrogen functional groups attached to an aromatic ring is 1. The highest BCUT2D eigenvalue weighted by Gasteiger charge is 2.16. The molecule has 0 saturated carbocycles. The van der Waals surface area contributed by atoms with Crippen LogP contribution < -0.4 is 5.73 Å². The van der Waals surface area contributed by atoms with Crippen molar-refractivity contribution in [1.82, 2.24) is 14.9 Å². The largest absolute Gasteiger partial charge is 0.383 e. The normalized spacial score (nSPS) is 13.5. The molecule has 0 aliphatic carbocycles. The van der Waals surface area contributed by atoms with Crippen LogP contribution in [0.15, 0.2) is 0 Å². The van der Waals surface area contributed by atoms with Crippen molar-refractivity contribution in [2.45, 2.75) is 53.6 Å². The Kier molecular flexibility index (Phi) is 4.84. The molecule has 2 rings (SSSR count). The van der Waals surface area contributed by atoms with E-state index in [1.807, 2.05) is 0 Å². The number of aromatic nitrogens is 2. The quantitative estimate of drug-likeness (QED) is 0.914. The van der Waals surface area contributed by atoms with Crippen LogP contribution in [0.5, 0.6) is 0 Å². The van der Waals surface area contributed by atoms with E-state index in [1.54, 1.807) is 11.3 Å². The van der Waals surface area contributed by atoms with E-state index < -0.39 is 0 Å². The highest BCUT2D eigenvalue weighted by atomic mass is 32.1. The molecule has 0 bridgehead atoms. The molecule has 0 aromatic carbocycles. The van der Waals surface area contributed by atoms with E-state index in [1.165, 1.54) is 16.9 Å². The predicted molar refractivity (Wildman–Crippen MR) is 91.7 cm³/mol. The summed E-state index contributed by atoms with van der Waals surface area (Å²) in [6, 6.07) is 0.511. The molecule has 0 spiro atoms. The van der Waals surface area contributed by atoms with E-state index in [9.17, 15) is 0 Å². The molecule has 4 nitrogen and oxygen atoms in total. The molecule has 0 amide bonds. The van der Waals surface area contributed by atoms with Gasteiger partial charge in [-0.3, -0.25) is 4.90 Å². The van der Waals surface area contributed by atoms with E-state index in [0.29, 0.717) is 17.8 Å². The Bertz CT molecular complexity index is 633. The van der Waals surface area contributed by atoms with Crippen molar-refractivity contribution in [2.75, 3.05) is 12.8 Å². The zero-order chi connectivity index (χ0) is 15.7. The van der Waals surface area contributed by atoms with Gasteiger partial charge in [-0.05, 0) is 45.7 Å². The van der Waals surface area contributed by atoms with Gasteiger partial charge in [-0.2, -0.15) is 0 Å². The second-order valence-electron chi connectivity index (χ2n) is 6.38. The van der Waals surface area contributed by atoms with Crippen molar-refractivity contribution in [1.29, 1.82) is 0 Å². The third-order valence-electron chi connectivity index (χ3n) is 4.06. The maximum absolute atomic E-state index is 6.14. The molecule has 1 unspecified atom stereocenters. The number of hydrogen-bond donors (Lipinski definition) is 1. The van der Waals surface area contributed by atoms with Gasteiger partial charge in [0.05, 0.1) is 11.9 Å². The van der Waals surface area contributed by atoms with Gasteiger partial charge in [-0.25, -0.2) is 9.97 Å². The minimum Gasteiger partial charge on any atom is -0.383 e.